The predicted molar refractivity (Wildman–Crippen MR) is 62.7 cm³/mol. The molecule has 20 heavy (non-hydrogen) atoms. The van der Waals surface area contributed by atoms with Gasteiger partial charge in [-0.3, -0.25) is 9.89 Å². The summed E-state index contributed by atoms with van der Waals surface area (Å²) in [6.07, 6.45) is -3.32. The number of nitrogens with zero attached hydrogens (tertiary/aromatic N) is 2. The zero-order valence-corrected chi connectivity index (χ0v) is 9.82. The first-order chi connectivity index (χ1) is 9.41. The molecule has 0 bridgehead atoms. The molecule has 0 saturated heterocycles. The van der Waals surface area contributed by atoms with E-state index in [9.17, 15) is 18.0 Å². The number of hydrogen-bond donors (Lipinski definition) is 2. The molecule has 0 aliphatic heterocycles. The zero-order chi connectivity index (χ0) is 14.8. The van der Waals surface area contributed by atoms with Gasteiger partial charge >= 0.3 is 6.18 Å². The van der Waals surface area contributed by atoms with E-state index in [0.29, 0.717) is 6.07 Å². The molecule has 0 atom stereocenters. The average Bonchev–Trinajstić information content (AvgIpc) is 2.91. The van der Waals surface area contributed by atoms with Crippen LogP contribution in [0.4, 0.5) is 18.9 Å². The van der Waals surface area contributed by atoms with E-state index in [2.05, 4.69) is 15.5 Å². The normalized spacial score (nSPS) is 10.9. The molecule has 0 spiro atoms. The average molecular weight is 280 g/mol. The molecule has 1 aromatic heterocycles. The molecule has 0 fully saturated rings. The Hall–Kier alpha value is -2.82. The summed E-state index contributed by atoms with van der Waals surface area (Å²) in [5, 5.41) is 16.9. The van der Waals surface area contributed by atoms with Gasteiger partial charge in [-0.05, 0) is 24.3 Å². The van der Waals surface area contributed by atoms with Gasteiger partial charge in [0.25, 0.3) is 5.91 Å². The lowest BCUT2D eigenvalue weighted by molar-refractivity contribution is -0.137. The summed E-state index contributed by atoms with van der Waals surface area (Å²) in [5.74, 6) is -0.625. The largest absolute Gasteiger partial charge is 0.417 e. The Labute approximate surface area is 111 Å². The lowest BCUT2D eigenvalue weighted by Gasteiger charge is -2.11. The molecule has 0 unspecified atom stereocenters. The van der Waals surface area contributed by atoms with Gasteiger partial charge in [-0.15, -0.1) is 0 Å². The number of anilines is 1. The molecule has 2 aromatic rings. The number of carbonyl (C=O) groups excluding carboxylic acids is 1. The third-order valence-electron chi connectivity index (χ3n) is 2.45. The number of rotatable bonds is 2. The fraction of sp³-hybridized carbons (Fsp3) is 0.0833. The summed E-state index contributed by atoms with van der Waals surface area (Å²) in [4.78, 5) is 11.7. The number of alkyl halides is 3. The van der Waals surface area contributed by atoms with Gasteiger partial charge in [-0.25, -0.2) is 0 Å². The highest BCUT2D eigenvalue weighted by atomic mass is 19.4. The van der Waals surface area contributed by atoms with Gasteiger partial charge in [0, 0.05) is 11.9 Å². The van der Waals surface area contributed by atoms with E-state index < -0.39 is 23.2 Å². The number of aromatic amines is 1. The summed E-state index contributed by atoms with van der Waals surface area (Å²) in [6.45, 7) is 0. The quantitative estimate of drug-likeness (QED) is 0.886. The van der Waals surface area contributed by atoms with E-state index in [-0.39, 0.29) is 11.4 Å². The maximum absolute atomic E-state index is 12.7. The second-order valence-corrected chi connectivity index (χ2v) is 3.79. The Balaban J connectivity index is 2.31. The van der Waals surface area contributed by atoms with Crippen molar-refractivity contribution in [1.82, 2.24) is 10.2 Å². The van der Waals surface area contributed by atoms with Gasteiger partial charge in [0.05, 0.1) is 17.2 Å². The van der Waals surface area contributed by atoms with Crippen LogP contribution in [0.15, 0.2) is 30.5 Å². The smallest absolute Gasteiger partial charge is 0.321 e. The van der Waals surface area contributed by atoms with Crippen molar-refractivity contribution in [2.45, 2.75) is 6.18 Å². The molecule has 0 aliphatic carbocycles. The van der Waals surface area contributed by atoms with Crippen molar-refractivity contribution >= 4 is 11.6 Å². The summed E-state index contributed by atoms with van der Waals surface area (Å²) in [6, 6.07) is 5.78. The van der Waals surface area contributed by atoms with E-state index in [0.717, 1.165) is 6.07 Å². The fourth-order valence-electron chi connectivity index (χ4n) is 1.53. The van der Waals surface area contributed by atoms with E-state index in [1.807, 2.05) is 0 Å². The highest BCUT2D eigenvalue weighted by molar-refractivity contribution is 6.02. The Morgan fingerprint density at radius 3 is 2.65 bits per heavy atom. The van der Waals surface area contributed by atoms with Crippen molar-refractivity contribution in [1.29, 1.82) is 5.26 Å². The third kappa shape index (κ3) is 2.77. The number of hydrogen-bond acceptors (Lipinski definition) is 3. The number of amides is 1. The first kappa shape index (κ1) is 13.6. The SMILES string of the molecule is N#Cc1ccc(NC(=O)c2ccn[nH]2)cc1C(F)(F)F. The zero-order valence-electron chi connectivity index (χ0n) is 9.82. The lowest BCUT2D eigenvalue weighted by Crippen LogP contribution is -2.14. The predicted octanol–water partition coefficient (Wildman–Crippen LogP) is 2.55. The summed E-state index contributed by atoms with van der Waals surface area (Å²) < 4.78 is 38.2. The molecule has 5 nitrogen and oxygen atoms in total. The van der Waals surface area contributed by atoms with Crippen molar-refractivity contribution in [2.75, 3.05) is 5.32 Å². The van der Waals surface area contributed by atoms with Crippen molar-refractivity contribution in [3.05, 3.63) is 47.3 Å². The third-order valence-corrected chi connectivity index (χ3v) is 2.45. The Morgan fingerprint density at radius 1 is 1.35 bits per heavy atom. The van der Waals surface area contributed by atoms with Crippen molar-refractivity contribution < 1.29 is 18.0 Å². The van der Waals surface area contributed by atoms with Crippen molar-refractivity contribution in [3.8, 4) is 6.07 Å². The first-order valence-electron chi connectivity index (χ1n) is 5.34. The fourth-order valence-corrected chi connectivity index (χ4v) is 1.53. The van der Waals surface area contributed by atoms with E-state index in [4.69, 9.17) is 5.26 Å². The number of carbonyl (C=O) groups is 1. The highest BCUT2D eigenvalue weighted by Gasteiger charge is 2.34. The number of nitriles is 1. The van der Waals surface area contributed by atoms with Gasteiger partial charge in [0.2, 0.25) is 0 Å². The molecule has 2 N–H and O–H groups in total. The Morgan fingerprint density at radius 2 is 2.10 bits per heavy atom. The molecule has 0 saturated carbocycles. The van der Waals surface area contributed by atoms with Crippen molar-refractivity contribution in [3.63, 3.8) is 0 Å². The molecular formula is C12H7F3N4O. The van der Waals surface area contributed by atoms with Gasteiger partial charge in [0.1, 0.15) is 5.69 Å². The van der Waals surface area contributed by atoms with Crippen LogP contribution < -0.4 is 5.32 Å². The summed E-state index contributed by atoms with van der Waals surface area (Å²) in [7, 11) is 0. The van der Waals surface area contributed by atoms with Gasteiger partial charge in [-0.2, -0.15) is 23.5 Å². The van der Waals surface area contributed by atoms with Gasteiger partial charge < -0.3 is 5.32 Å². The van der Waals surface area contributed by atoms with Gasteiger partial charge in [-0.1, -0.05) is 0 Å². The molecule has 1 aromatic carbocycles. The minimum Gasteiger partial charge on any atom is -0.321 e. The second-order valence-electron chi connectivity index (χ2n) is 3.79. The molecule has 2 rings (SSSR count). The molecule has 1 heterocycles. The molecule has 1 amide bonds. The number of halogens is 3. The molecule has 102 valence electrons. The summed E-state index contributed by atoms with van der Waals surface area (Å²) >= 11 is 0. The Bertz CT molecular complexity index is 671. The molecular weight excluding hydrogens is 273 g/mol. The molecule has 0 radical (unpaired) electrons. The van der Waals surface area contributed by atoms with Crippen LogP contribution in [-0.2, 0) is 6.18 Å². The van der Waals surface area contributed by atoms with E-state index >= 15 is 0 Å². The van der Waals surface area contributed by atoms with Crippen LogP contribution in [0.2, 0.25) is 0 Å². The van der Waals surface area contributed by atoms with Crippen LogP contribution in [0.3, 0.4) is 0 Å². The standard InChI is InChI=1S/C12H7F3N4O/c13-12(14,15)9-5-8(2-1-7(9)6-16)18-11(20)10-3-4-17-19-10/h1-5H,(H,17,19)(H,18,20). The van der Waals surface area contributed by atoms with Crippen LogP contribution >= 0.6 is 0 Å². The first-order valence-corrected chi connectivity index (χ1v) is 5.34. The minimum atomic E-state index is -4.67. The monoisotopic (exact) mass is 280 g/mol. The van der Waals surface area contributed by atoms with Crippen molar-refractivity contribution in [2.24, 2.45) is 0 Å². The molecule has 0 aliphatic rings. The second kappa shape index (κ2) is 5.05. The number of aromatic nitrogens is 2. The van der Waals surface area contributed by atoms with Crippen LogP contribution in [0.1, 0.15) is 21.6 Å². The highest BCUT2D eigenvalue weighted by Crippen LogP contribution is 2.33. The number of H-pyrrole nitrogens is 1. The maximum Gasteiger partial charge on any atom is 0.417 e. The molecule has 8 heteroatoms. The van der Waals surface area contributed by atoms with Crippen LogP contribution in [0, 0.1) is 11.3 Å². The topological polar surface area (TPSA) is 81.6 Å². The van der Waals surface area contributed by atoms with Crippen LogP contribution in [-0.4, -0.2) is 16.1 Å². The van der Waals surface area contributed by atoms with E-state index in [1.54, 1.807) is 0 Å². The van der Waals surface area contributed by atoms with Crippen LogP contribution in [0.25, 0.3) is 0 Å². The maximum atomic E-state index is 12.7. The number of benzene rings is 1. The number of nitrogens with one attached hydrogen (secondary N) is 2. The van der Waals surface area contributed by atoms with Gasteiger partial charge in [0.15, 0.2) is 0 Å². The minimum absolute atomic E-state index is 0.0593. The van der Waals surface area contributed by atoms with Crippen LogP contribution in [0.5, 0.6) is 0 Å². The Kier molecular flexibility index (Phi) is 3.43. The van der Waals surface area contributed by atoms with E-state index in [1.165, 1.54) is 24.4 Å². The summed E-state index contributed by atoms with van der Waals surface area (Å²) in [5.41, 5.74) is -1.54. The lowest BCUT2D eigenvalue weighted by atomic mass is 10.1.